The predicted molar refractivity (Wildman–Crippen MR) is 184 cm³/mol. The molecule has 1 fully saturated rings. The Morgan fingerprint density at radius 1 is 0.900 bits per heavy atom. The molecule has 0 unspecified atom stereocenters. The number of nitrogens with zero attached hydrogens (tertiary/aromatic N) is 1. The third-order valence-corrected chi connectivity index (χ3v) is 8.53. The molecule has 13 nitrogen and oxygen atoms in total. The topological polar surface area (TPSA) is 164 Å². The molecule has 0 aromatic heterocycles. The van der Waals surface area contributed by atoms with Crippen molar-refractivity contribution in [1.29, 1.82) is 0 Å². The zero-order valence-corrected chi connectivity index (χ0v) is 28.0. The van der Waals surface area contributed by atoms with Crippen LogP contribution in [-0.2, 0) is 25.6 Å². The molecule has 0 aliphatic carbocycles. The van der Waals surface area contributed by atoms with E-state index in [2.05, 4.69) is 21.3 Å². The molecule has 0 spiro atoms. The van der Waals surface area contributed by atoms with Crippen molar-refractivity contribution >= 4 is 29.5 Å². The Morgan fingerprint density at radius 2 is 1.64 bits per heavy atom. The molecule has 4 N–H and O–H groups in total. The van der Waals surface area contributed by atoms with Crippen LogP contribution in [-0.4, -0.2) is 92.5 Å². The van der Waals surface area contributed by atoms with Gasteiger partial charge in [-0.3, -0.25) is 24.0 Å². The number of nitrogens with one attached hydrogen (secondary N) is 4. The number of fused-ring (bicyclic) bond motifs is 2. The zero-order chi connectivity index (χ0) is 35.3. The van der Waals surface area contributed by atoms with E-state index in [1.54, 1.807) is 55.6 Å². The van der Waals surface area contributed by atoms with Crippen LogP contribution in [0.25, 0.3) is 0 Å². The molecular formula is C37H43N5O8. The van der Waals surface area contributed by atoms with Crippen LogP contribution in [0.5, 0.6) is 17.2 Å². The van der Waals surface area contributed by atoms with Gasteiger partial charge in [-0.05, 0) is 61.2 Å². The minimum absolute atomic E-state index is 0.102. The Balaban J connectivity index is 1.33. The summed E-state index contributed by atoms with van der Waals surface area (Å²) >= 11 is 0. The van der Waals surface area contributed by atoms with Crippen LogP contribution < -0.4 is 35.5 Å². The smallest absolute Gasteiger partial charge is 0.255 e. The number of carbonyl (C=O) groups excluding carboxylic acids is 5. The van der Waals surface area contributed by atoms with Gasteiger partial charge in [0.2, 0.25) is 23.6 Å². The molecule has 2 heterocycles. The van der Waals surface area contributed by atoms with Crippen molar-refractivity contribution in [3.63, 3.8) is 0 Å². The van der Waals surface area contributed by atoms with Gasteiger partial charge in [-0.1, -0.05) is 42.5 Å². The van der Waals surface area contributed by atoms with Crippen molar-refractivity contribution in [2.24, 2.45) is 0 Å². The maximum absolute atomic E-state index is 13.8. The van der Waals surface area contributed by atoms with E-state index in [1.165, 1.54) is 4.90 Å². The summed E-state index contributed by atoms with van der Waals surface area (Å²) < 4.78 is 16.8. The van der Waals surface area contributed by atoms with E-state index in [-0.39, 0.29) is 44.2 Å². The van der Waals surface area contributed by atoms with Crippen LogP contribution in [0.15, 0.2) is 78.9 Å². The summed E-state index contributed by atoms with van der Waals surface area (Å²) in [5.41, 5.74) is 1.06. The Bertz CT molecular complexity index is 1630. The first-order valence-electron chi connectivity index (χ1n) is 16.8. The normalized spacial score (nSPS) is 20.4. The molecule has 50 heavy (non-hydrogen) atoms. The van der Waals surface area contributed by atoms with Gasteiger partial charge in [0.25, 0.3) is 5.91 Å². The van der Waals surface area contributed by atoms with Crippen molar-refractivity contribution in [3.8, 4) is 17.2 Å². The molecule has 0 bridgehead atoms. The van der Waals surface area contributed by atoms with Crippen LogP contribution in [0.3, 0.4) is 0 Å². The number of amides is 5. The van der Waals surface area contributed by atoms with Crippen molar-refractivity contribution in [2.75, 3.05) is 40.0 Å². The number of methoxy groups -OCH3 is 1. The first-order valence-corrected chi connectivity index (χ1v) is 16.8. The van der Waals surface area contributed by atoms with Crippen molar-refractivity contribution in [3.05, 3.63) is 90.0 Å². The molecule has 5 amide bonds. The SMILES string of the molecule is COc1ccc(OCCNC(=O)[C@@H]2CC(=O)N3CCC[C@@H]3C(=O)N[C@@H](Cc3ccccc3)C(=O)NCCCOc3ccccc3C(=O)N2)cc1. The van der Waals surface area contributed by atoms with E-state index < -0.39 is 48.2 Å². The highest BCUT2D eigenvalue weighted by Crippen LogP contribution is 2.22. The standard InChI is InChI=1S/C37H43N5O8/c1-48-26-14-16-27(17-15-26)49-22-19-39-36(46)30-24-33(43)42-20-7-12-31(42)37(47)41-29(23-25-9-3-2-4-10-25)35(45)38-18-8-21-50-32-13-6-5-11-28(32)34(44)40-30/h2-6,9-11,13-17,29-31H,7-8,12,18-24H2,1H3,(H,38,45)(H,39,46)(H,40,44)(H,41,47)/t29-,30-,31+/m0/s1. The Hall–Kier alpha value is -5.59. The maximum atomic E-state index is 13.8. The molecule has 3 aromatic carbocycles. The van der Waals surface area contributed by atoms with Crippen LogP contribution in [0, 0.1) is 0 Å². The highest BCUT2D eigenvalue weighted by atomic mass is 16.5. The largest absolute Gasteiger partial charge is 0.497 e. The van der Waals surface area contributed by atoms with Gasteiger partial charge in [-0.2, -0.15) is 0 Å². The van der Waals surface area contributed by atoms with E-state index in [1.807, 2.05) is 30.3 Å². The van der Waals surface area contributed by atoms with E-state index in [4.69, 9.17) is 14.2 Å². The number of hydrogen-bond acceptors (Lipinski definition) is 8. The fourth-order valence-corrected chi connectivity index (χ4v) is 5.91. The molecule has 264 valence electrons. The lowest BCUT2D eigenvalue weighted by molar-refractivity contribution is -0.140. The van der Waals surface area contributed by atoms with Gasteiger partial charge in [0.1, 0.15) is 42.0 Å². The highest BCUT2D eigenvalue weighted by Gasteiger charge is 2.38. The number of ether oxygens (including phenoxy) is 3. The lowest BCUT2D eigenvalue weighted by Crippen LogP contribution is -2.55. The third-order valence-electron chi connectivity index (χ3n) is 8.53. The molecular weight excluding hydrogens is 642 g/mol. The number of para-hydroxylation sites is 1. The zero-order valence-electron chi connectivity index (χ0n) is 28.0. The van der Waals surface area contributed by atoms with Gasteiger partial charge < -0.3 is 40.4 Å². The summed E-state index contributed by atoms with van der Waals surface area (Å²) in [5.74, 6) is -0.915. The Kier molecular flexibility index (Phi) is 12.6. The lowest BCUT2D eigenvalue weighted by atomic mass is 10.0. The lowest BCUT2D eigenvalue weighted by Gasteiger charge is -2.28. The first kappa shape index (κ1) is 35.7. The summed E-state index contributed by atoms with van der Waals surface area (Å²) in [6, 6.07) is 20.0. The Labute approximate surface area is 291 Å². The number of benzene rings is 3. The van der Waals surface area contributed by atoms with Gasteiger partial charge in [0.05, 0.1) is 32.2 Å². The number of hydrogen-bond donors (Lipinski definition) is 4. The van der Waals surface area contributed by atoms with E-state index in [0.717, 1.165) is 5.56 Å². The van der Waals surface area contributed by atoms with Crippen LogP contribution in [0.1, 0.15) is 41.6 Å². The minimum atomic E-state index is -1.26. The summed E-state index contributed by atoms with van der Waals surface area (Å²) in [4.78, 5) is 69.2. The third kappa shape index (κ3) is 9.74. The van der Waals surface area contributed by atoms with Crippen LogP contribution >= 0.6 is 0 Å². The minimum Gasteiger partial charge on any atom is -0.497 e. The molecule has 0 radical (unpaired) electrons. The summed E-state index contributed by atoms with van der Waals surface area (Å²) in [7, 11) is 1.57. The van der Waals surface area contributed by atoms with Gasteiger partial charge in [0, 0.05) is 19.5 Å². The Morgan fingerprint density at radius 3 is 2.42 bits per heavy atom. The molecule has 1 saturated heterocycles. The van der Waals surface area contributed by atoms with Gasteiger partial charge in [-0.15, -0.1) is 0 Å². The average Bonchev–Trinajstić information content (AvgIpc) is 3.64. The monoisotopic (exact) mass is 685 g/mol. The number of rotatable bonds is 8. The summed E-state index contributed by atoms with van der Waals surface area (Å²) in [6.07, 6.45) is 1.27. The predicted octanol–water partition coefficient (Wildman–Crippen LogP) is 2.00. The molecule has 0 saturated carbocycles. The molecule has 2 aliphatic rings. The molecule has 2 aliphatic heterocycles. The van der Waals surface area contributed by atoms with Crippen LogP contribution in [0.4, 0.5) is 0 Å². The van der Waals surface area contributed by atoms with Crippen molar-refractivity contribution < 1.29 is 38.2 Å². The van der Waals surface area contributed by atoms with E-state index in [9.17, 15) is 24.0 Å². The molecule has 3 aromatic rings. The van der Waals surface area contributed by atoms with Gasteiger partial charge in [0.15, 0.2) is 0 Å². The van der Waals surface area contributed by atoms with Crippen molar-refractivity contribution in [1.82, 2.24) is 26.2 Å². The first-order chi connectivity index (χ1) is 24.3. The fraction of sp³-hybridized carbons (Fsp3) is 0.378. The second kappa shape index (κ2) is 17.7. The van der Waals surface area contributed by atoms with Gasteiger partial charge in [-0.25, -0.2) is 0 Å². The number of carbonyl (C=O) groups is 5. The quantitative estimate of drug-likeness (QED) is 0.262. The summed E-state index contributed by atoms with van der Waals surface area (Å²) in [5, 5.41) is 11.2. The second-order valence-electron chi connectivity index (χ2n) is 12.0. The highest BCUT2D eigenvalue weighted by molar-refractivity contribution is 6.01. The van der Waals surface area contributed by atoms with Crippen molar-refractivity contribution in [2.45, 2.75) is 50.2 Å². The fourth-order valence-electron chi connectivity index (χ4n) is 5.91. The van der Waals surface area contributed by atoms with Gasteiger partial charge >= 0.3 is 0 Å². The molecule has 3 atom stereocenters. The average molecular weight is 686 g/mol. The van der Waals surface area contributed by atoms with E-state index >= 15 is 0 Å². The maximum Gasteiger partial charge on any atom is 0.255 e. The molecule has 5 rings (SSSR count). The summed E-state index contributed by atoms with van der Waals surface area (Å²) in [6.45, 7) is 0.988. The molecule has 13 heteroatoms. The second-order valence-corrected chi connectivity index (χ2v) is 12.0. The van der Waals surface area contributed by atoms with Crippen LogP contribution in [0.2, 0.25) is 0 Å². The van der Waals surface area contributed by atoms with E-state index in [0.29, 0.717) is 43.1 Å².